The summed E-state index contributed by atoms with van der Waals surface area (Å²) in [4.78, 5) is 16.2. The molecule has 0 aliphatic heterocycles. The molecular formula is C22H27Cl2NOS. The summed E-state index contributed by atoms with van der Waals surface area (Å²) in [7, 11) is 0. The molecule has 1 aliphatic rings. The second-order valence-electron chi connectivity index (χ2n) is 7.35. The van der Waals surface area contributed by atoms with Gasteiger partial charge >= 0.3 is 0 Å². The summed E-state index contributed by atoms with van der Waals surface area (Å²) in [5, 5.41) is 1.27. The number of carbonyl (C=O) groups is 1. The van der Waals surface area contributed by atoms with Gasteiger partial charge in [-0.1, -0.05) is 62.4 Å². The lowest BCUT2D eigenvalue weighted by Crippen LogP contribution is -2.09. The normalized spacial score (nSPS) is 19.1. The molecule has 1 aromatic carbocycles. The molecule has 1 aliphatic carbocycles. The molecule has 1 aromatic heterocycles. The van der Waals surface area contributed by atoms with Crippen LogP contribution in [0.15, 0.2) is 41.6 Å². The number of hydrogen-bond donors (Lipinski definition) is 0. The van der Waals surface area contributed by atoms with E-state index in [2.05, 4.69) is 18.8 Å². The van der Waals surface area contributed by atoms with E-state index in [0.29, 0.717) is 21.4 Å². The van der Waals surface area contributed by atoms with Crippen LogP contribution in [-0.2, 0) is 5.75 Å². The average molecular weight is 424 g/mol. The van der Waals surface area contributed by atoms with E-state index in [0.717, 1.165) is 22.3 Å². The highest BCUT2D eigenvalue weighted by Gasteiger charge is 2.13. The highest BCUT2D eigenvalue weighted by atomic mass is 35.5. The van der Waals surface area contributed by atoms with Gasteiger partial charge in [0.15, 0.2) is 5.78 Å². The Hall–Kier alpha value is -1.03. The van der Waals surface area contributed by atoms with E-state index in [1.807, 2.05) is 12.1 Å². The van der Waals surface area contributed by atoms with Gasteiger partial charge in [0.25, 0.3) is 0 Å². The molecule has 146 valence electrons. The Kier molecular flexibility index (Phi) is 9.14. The Labute approximate surface area is 177 Å². The number of benzene rings is 1. The summed E-state index contributed by atoms with van der Waals surface area (Å²) in [6.07, 6.45) is 9.21. The summed E-state index contributed by atoms with van der Waals surface area (Å²) in [5.41, 5.74) is 1.58. The van der Waals surface area contributed by atoms with Crippen molar-refractivity contribution in [2.75, 3.05) is 0 Å². The number of Topliss-reactive ketones (excluding diaryl/α,β-unsaturated/α-hetero) is 1. The lowest BCUT2D eigenvalue weighted by Gasteiger charge is -2.22. The number of thioether (sulfide) groups is 1. The maximum atomic E-state index is 11.3. The highest BCUT2D eigenvalue weighted by molar-refractivity contribution is 7.98. The van der Waals surface area contributed by atoms with E-state index in [9.17, 15) is 4.79 Å². The molecule has 2 atom stereocenters. The maximum Gasteiger partial charge on any atom is 0.161 e. The zero-order chi connectivity index (χ0) is 19.8. The first-order chi connectivity index (χ1) is 12.9. The zero-order valence-corrected chi connectivity index (χ0v) is 18.5. The van der Waals surface area contributed by atoms with Gasteiger partial charge in [-0.3, -0.25) is 9.78 Å². The molecule has 3 rings (SSSR count). The van der Waals surface area contributed by atoms with E-state index in [-0.39, 0.29) is 5.78 Å². The van der Waals surface area contributed by atoms with E-state index in [1.165, 1.54) is 44.4 Å². The number of carbonyl (C=O) groups excluding carboxylic acids is 1. The number of nitrogens with zero attached hydrogens (tertiary/aromatic N) is 1. The average Bonchev–Trinajstić information content (AvgIpc) is 2.62. The molecule has 0 radical (unpaired) electrons. The predicted octanol–water partition coefficient (Wildman–Crippen LogP) is 7.72. The summed E-state index contributed by atoms with van der Waals surface area (Å²) in [5.74, 6) is 2.70. The van der Waals surface area contributed by atoms with Crippen LogP contribution in [0.2, 0.25) is 10.0 Å². The van der Waals surface area contributed by atoms with Gasteiger partial charge in [0.1, 0.15) is 0 Å². The zero-order valence-electron chi connectivity index (χ0n) is 16.2. The Morgan fingerprint density at radius 1 is 1.15 bits per heavy atom. The van der Waals surface area contributed by atoms with Crippen molar-refractivity contribution in [3.8, 4) is 0 Å². The van der Waals surface area contributed by atoms with Crippen molar-refractivity contribution in [2.45, 2.75) is 57.1 Å². The maximum absolute atomic E-state index is 11.3. The molecule has 2 nitrogen and oxygen atoms in total. The Morgan fingerprint density at radius 2 is 1.78 bits per heavy atom. The third kappa shape index (κ3) is 7.48. The third-order valence-corrected chi connectivity index (χ3v) is 6.76. The Bertz CT molecular complexity index is 737. The van der Waals surface area contributed by atoms with Gasteiger partial charge in [0.2, 0.25) is 0 Å². The lowest BCUT2D eigenvalue weighted by molar-refractivity contribution is 0.101. The van der Waals surface area contributed by atoms with Crippen LogP contribution in [0.3, 0.4) is 0 Å². The van der Waals surface area contributed by atoms with Crippen molar-refractivity contribution < 1.29 is 4.79 Å². The van der Waals surface area contributed by atoms with Crippen LogP contribution < -0.4 is 0 Å². The number of halogens is 2. The molecular weight excluding hydrogens is 397 g/mol. The molecule has 1 fully saturated rings. The van der Waals surface area contributed by atoms with E-state index >= 15 is 0 Å². The Balaban J connectivity index is 0.000000273. The third-order valence-electron chi connectivity index (χ3n) is 4.70. The monoisotopic (exact) mass is 423 g/mol. The van der Waals surface area contributed by atoms with Crippen LogP contribution in [0.1, 0.15) is 62.4 Å². The number of ketones is 1. The summed E-state index contributed by atoms with van der Waals surface area (Å²) in [6.45, 7) is 6.27. The van der Waals surface area contributed by atoms with Crippen molar-refractivity contribution in [3.63, 3.8) is 0 Å². The van der Waals surface area contributed by atoms with E-state index in [4.69, 9.17) is 23.2 Å². The molecule has 1 saturated carbocycles. The van der Waals surface area contributed by atoms with Gasteiger partial charge in [-0.05, 0) is 48.9 Å². The highest BCUT2D eigenvalue weighted by Crippen LogP contribution is 2.35. The minimum absolute atomic E-state index is 0.00938. The SMILES string of the molecule is CC(=O)c1cncc(CSc2c(Cl)cccc2Cl)c1.CC1CCCC(C)C1. The smallest absolute Gasteiger partial charge is 0.161 e. The van der Waals surface area contributed by atoms with Crippen molar-refractivity contribution in [1.29, 1.82) is 0 Å². The van der Waals surface area contributed by atoms with Gasteiger partial charge in [0.05, 0.1) is 10.0 Å². The first kappa shape index (κ1) is 22.3. The molecule has 0 amide bonds. The van der Waals surface area contributed by atoms with Gasteiger partial charge < -0.3 is 0 Å². The van der Waals surface area contributed by atoms with Crippen LogP contribution >= 0.6 is 35.0 Å². The summed E-state index contributed by atoms with van der Waals surface area (Å²) in [6, 6.07) is 7.26. The quantitative estimate of drug-likeness (QED) is 0.372. The summed E-state index contributed by atoms with van der Waals surface area (Å²) >= 11 is 13.7. The standard InChI is InChI=1S/C14H11Cl2NOS.C8H16/c1-9(18)11-5-10(6-17-7-11)8-19-14-12(15)3-2-4-13(14)16;1-7-4-3-5-8(2)6-7/h2-7H,8H2,1H3;7-8H,3-6H2,1-2H3. The molecule has 0 N–H and O–H groups in total. The van der Waals surface area contributed by atoms with Gasteiger partial charge in [-0.2, -0.15) is 0 Å². The van der Waals surface area contributed by atoms with Gasteiger partial charge in [-0.25, -0.2) is 0 Å². The minimum Gasteiger partial charge on any atom is -0.294 e. The Morgan fingerprint density at radius 3 is 2.30 bits per heavy atom. The van der Waals surface area contributed by atoms with Crippen molar-refractivity contribution in [2.24, 2.45) is 11.8 Å². The molecule has 5 heteroatoms. The fourth-order valence-corrected chi connectivity index (χ4v) is 4.88. The lowest BCUT2D eigenvalue weighted by atomic mass is 9.84. The van der Waals surface area contributed by atoms with Crippen LogP contribution in [0, 0.1) is 11.8 Å². The fourth-order valence-electron chi connectivity index (χ4n) is 3.27. The number of hydrogen-bond acceptors (Lipinski definition) is 3. The molecule has 2 aromatic rings. The second kappa shape index (κ2) is 11.1. The van der Waals surface area contributed by atoms with Crippen LogP contribution in [0.4, 0.5) is 0 Å². The first-order valence-electron chi connectivity index (χ1n) is 9.38. The fraction of sp³-hybridized carbons (Fsp3) is 0.455. The molecule has 27 heavy (non-hydrogen) atoms. The van der Waals surface area contributed by atoms with Gasteiger partial charge in [0, 0.05) is 28.6 Å². The minimum atomic E-state index is 0.00938. The molecule has 2 unspecified atom stereocenters. The summed E-state index contributed by atoms with van der Waals surface area (Å²) < 4.78 is 0. The molecule has 0 bridgehead atoms. The van der Waals surface area contributed by atoms with Crippen molar-refractivity contribution in [1.82, 2.24) is 4.98 Å². The molecule has 1 heterocycles. The van der Waals surface area contributed by atoms with E-state index in [1.54, 1.807) is 24.5 Å². The van der Waals surface area contributed by atoms with E-state index < -0.39 is 0 Å². The van der Waals surface area contributed by atoms with Crippen LogP contribution in [0.5, 0.6) is 0 Å². The largest absolute Gasteiger partial charge is 0.294 e. The first-order valence-corrected chi connectivity index (χ1v) is 11.1. The molecule has 0 saturated heterocycles. The number of aromatic nitrogens is 1. The van der Waals surface area contributed by atoms with Crippen molar-refractivity contribution >= 4 is 40.7 Å². The topological polar surface area (TPSA) is 30.0 Å². The van der Waals surface area contributed by atoms with Crippen molar-refractivity contribution in [3.05, 3.63) is 57.8 Å². The number of rotatable bonds is 4. The predicted molar refractivity (Wildman–Crippen MR) is 117 cm³/mol. The van der Waals surface area contributed by atoms with Crippen LogP contribution in [-0.4, -0.2) is 10.8 Å². The van der Waals surface area contributed by atoms with Crippen LogP contribution in [0.25, 0.3) is 0 Å². The van der Waals surface area contributed by atoms with Gasteiger partial charge in [-0.15, -0.1) is 11.8 Å². The second-order valence-corrected chi connectivity index (χ2v) is 9.15. The number of pyridine rings is 1. The molecule has 0 spiro atoms.